The van der Waals surface area contributed by atoms with Crippen molar-refractivity contribution in [2.24, 2.45) is 0 Å². The average Bonchev–Trinajstić information content (AvgIpc) is 2.14. The van der Waals surface area contributed by atoms with Gasteiger partial charge in [0.2, 0.25) is 0 Å². The Morgan fingerprint density at radius 1 is 1.44 bits per heavy atom. The van der Waals surface area contributed by atoms with Crippen LogP contribution in [0.25, 0.3) is 0 Å². The van der Waals surface area contributed by atoms with Gasteiger partial charge in [-0.25, -0.2) is 0 Å². The summed E-state index contributed by atoms with van der Waals surface area (Å²) < 4.78 is 50.3. The summed E-state index contributed by atoms with van der Waals surface area (Å²) >= 11 is 0. The lowest BCUT2D eigenvalue weighted by Gasteiger charge is -2.10. The van der Waals surface area contributed by atoms with Gasteiger partial charge in [-0.05, 0) is 19.9 Å². The molecule has 7 heteroatoms. The Bertz CT molecular complexity index is 211. The molecule has 0 saturated carbocycles. The molecular formula is C9H18F3NO2S. The predicted molar refractivity (Wildman–Crippen MR) is 57.9 cm³/mol. The number of hydrogen-bond donors (Lipinski definition) is 1. The molecule has 0 aromatic rings. The highest BCUT2D eigenvalue weighted by Gasteiger charge is 2.27. The number of nitrogens with one attached hydrogen (secondary N) is 1. The zero-order valence-electron chi connectivity index (χ0n) is 9.47. The Hall–Kier alpha value is -0.140. The van der Waals surface area contributed by atoms with Crippen LogP contribution >= 0.6 is 0 Å². The van der Waals surface area contributed by atoms with Gasteiger partial charge in [-0.15, -0.1) is 0 Å². The maximum absolute atomic E-state index is 11.7. The monoisotopic (exact) mass is 261 g/mol. The third-order valence-electron chi connectivity index (χ3n) is 1.91. The first-order chi connectivity index (χ1) is 7.33. The molecule has 0 aromatic heterocycles. The van der Waals surface area contributed by atoms with Crippen LogP contribution < -0.4 is 5.32 Å². The standard InChI is InChI=1S/C9H18F3NO2S/c1-8(16(2)14)6-13-4-3-5-15-7-9(10,11)12/h8,13H,3-7H2,1-2H3. The smallest absolute Gasteiger partial charge is 0.372 e. The second-order valence-electron chi connectivity index (χ2n) is 3.53. The molecule has 98 valence electrons. The Morgan fingerprint density at radius 2 is 2.06 bits per heavy atom. The van der Waals surface area contributed by atoms with Crippen molar-refractivity contribution in [2.75, 3.05) is 32.6 Å². The van der Waals surface area contributed by atoms with Crippen molar-refractivity contribution < 1.29 is 22.1 Å². The van der Waals surface area contributed by atoms with Gasteiger partial charge in [-0.3, -0.25) is 4.21 Å². The second-order valence-corrected chi connectivity index (χ2v) is 5.34. The molecule has 0 aliphatic rings. The van der Waals surface area contributed by atoms with E-state index in [0.717, 1.165) is 0 Å². The van der Waals surface area contributed by atoms with Crippen LogP contribution in [0.1, 0.15) is 13.3 Å². The Labute approximate surface area is 96.2 Å². The molecule has 0 aromatic carbocycles. The van der Waals surface area contributed by atoms with E-state index in [9.17, 15) is 17.4 Å². The second kappa shape index (κ2) is 8.03. The third-order valence-corrected chi connectivity index (χ3v) is 3.21. The number of alkyl halides is 3. The molecule has 0 saturated heterocycles. The Morgan fingerprint density at radius 3 is 2.56 bits per heavy atom. The van der Waals surface area contributed by atoms with E-state index in [1.807, 2.05) is 6.92 Å². The average molecular weight is 261 g/mol. The topological polar surface area (TPSA) is 38.3 Å². The summed E-state index contributed by atoms with van der Waals surface area (Å²) in [5.74, 6) is 0. The SMILES string of the molecule is CC(CNCCCOCC(F)(F)F)S(C)=O. The van der Waals surface area contributed by atoms with Crippen LogP contribution in [-0.4, -0.2) is 48.2 Å². The zero-order chi connectivity index (χ0) is 12.6. The summed E-state index contributed by atoms with van der Waals surface area (Å²) in [5.41, 5.74) is 0. The number of ether oxygens (including phenoxy) is 1. The van der Waals surface area contributed by atoms with Crippen LogP contribution in [-0.2, 0) is 15.5 Å². The highest BCUT2D eigenvalue weighted by Crippen LogP contribution is 2.14. The maximum atomic E-state index is 11.7. The minimum Gasteiger partial charge on any atom is -0.372 e. The first-order valence-electron chi connectivity index (χ1n) is 5.00. The van der Waals surface area contributed by atoms with Crippen LogP contribution in [0.5, 0.6) is 0 Å². The molecule has 0 amide bonds. The maximum Gasteiger partial charge on any atom is 0.411 e. The molecule has 0 bridgehead atoms. The van der Waals surface area contributed by atoms with Crippen molar-refractivity contribution in [3.05, 3.63) is 0 Å². The van der Waals surface area contributed by atoms with E-state index in [4.69, 9.17) is 0 Å². The number of hydrogen-bond acceptors (Lipinski definition) is 3. The van der Waals surface area contributed by atoms with Crippen molar-refractivity contribution in [1.29, 1.82) is 0 Å². The molecule has 1 N–H and O–H groups in total. The van der Waals surface area contributed by atoms with Gasteiger partial charge in [0.15, 0.2) is 0 Å². The van der Waals surface area contributed by atoms with Crippen molar-refractivity contribution in [3.8, 4) is 0 Å². The van der Waals surface area contributed by atoms with E-state index >= 15 is 0 Å². The van der Waals surface area contributed by atoms with Gasteiger partial charge in [-0.2, -0.15) is 13.2 Å². The molecule has 3 nitrogen and oxygen atoms in total. The van der Waals surface area contributed by atoms with Crippen LogP contribution in [0.2, 0.25) is 0 Å². The van der Waals surface area contributed by atoms with Gasteiger partial charge in [0, 0.05) is 35.5 Å². The highest BCUT2D eigenvalue weighted by molar-refractivity contribution is 7.84. The molecule has 0 spiro atoms. The first kappa shape index (κ1) is 15.9. The van der Waals surface area contributed by atoms with Gasteiger partial charge in [-0.1, -0.05) is 0 Å². The zero-order valence-corrected chi connectivity index (χ0v) is 10.3. The molecule has 2 unspecified atom stereocenters. The van der Waals surface area contributed by atoms with Crippen molar-refractivity contribution in [3.63, 3.8) is 0 Å². The lowest BCUT2D eigenvalue weighted by atomic mass is 10.4. The fraction of sp³-hybridized carbons (Fsp3) is 1.00. The van der Waals surface area contributed by atoms with E-state index in [0.29, 0.717) is 19.5 Å². The summed E-state index contributed by atoms with van der Waals surface area (Å²) in [6.07, 6.45) is -2.11. The van der Waals surface area contributed by atoms with Gasteiger partial charge >= 0.3 is 6.18 Å². The van der Waals surface area contributed by atoms with E-state index in [2.05, 4.69) is 10.1 Å². The molecular weight excluding hydrogens is 243 g/mol. The van der Waals surface area contributed by atoms with E-state index in [-0.39, 0.29) is 11.9 Å². The van der Waals surface area contributed by atoms with Gasteiger partial charge in [0.05, 0.1) is 0 Å². The summed E-state index contributed by atoms with van der Waals surface area (Å²) in [7, 11) is -0.873. The normalized spacial score (nSPS) is 16.1. The molecule has 0 fully saturated rings. The molecule has 16 heavy (non-hydrogen) atoms. The minimum absolute atomic E-state index is 0.0519. The fourth-order valence-electron chi connectivity index (χ4n) is 0.910. The largest absolute Gasteiger partial charge is 0.411 e. The summed E-state index contributed by atoms with van der Waals surface area (Å²) in [6.45, 7) is 1.91. The van der Waals surface area contributed by atoms with Crippen molar-refractivity contribution in [1.82, 2.24) is 5.32 Å². The van der Waals surface area contributed by atoms with Gasteiger partial charge in [0.25, 0.3) is 0 Å². The molecule has 0 heterocycles. The molecule has 0 radical (unpaired) electrons. The number of halogens is 3. The van der Waals surface area contributed by atoms with Crippen LogP contribution in [0, 0.1) is 0 Å². The van der Waals surface area contributed by atoms with Crippen LogP contribution in [0.3, 0.4) is 0 Å². The van der Waals surface area contributed by atoms with Crippen molar-refractivity contribution >= 4 is 10.8 Å². The highest BCUT2D eigenvalue weighted by atomic mass is 32.2. The van der Waals surface area contributed by atoms with E-state index in [1.54, 1.807) is 6.26 Å². The summed E-state index contributed by atoms with van der Waals surface area (Å²) in [5, 5.41) is 3.06. The molecule has 2 atom stereocenters. The molecule has 0 aliphatic carbocycles. The Kier molecular flexibility index (Phi) is 7.96. The quantitative estimate of drug-likeness (QED) is 0.670. The predicted octanol–water partition coefficient (Wildman–Crippen LogP) is 1.31. The van der Waals surface area contributed by atoms with Gasteiger partial charge < -0.3 is 10.1 Å². The van der Waals surface area contributed by atoms with E-state index in [1.165, 1.54) is 0 Å². The summed E-state index contributed by atoms with van der Waals surface area (Å²) in [4.78, 5) is 0. The van der Waals surface area contributed by atoms with Crippen LogP contribution in [0.4, 0.5) is 13.2 Å². The molecule has 0 rings (SSSR count). The fourth-order valence-corrected chi connectivity index (χ4v) is 1.26. The minimum atomic E-state index is -4.25. The Balaban J connectivity index is 3.25. The molecule has 0 aliphatic heterocycles. The van der Waals surface area contributed by atoms with Gasteiger partial charge in [0.1, 0.15) is 6.61 Å². The number of rotatable bonds is 8. The van der Waals surface area contributed by atoms with Crippen molar-refractivity contribution in [2.45, 2.75) is 24.8 Å². The third kappa shape index (κ3) is 10.4. The van der Waals surface area contributed by atoms with E-state index < -0.39 is 23.6 Å². The lowest BCUT2D eigenvalue weighted by molar-refractivity contribution is -0.173. The summed E-state index contributed by atoms with van der Waals surface area (Å²) in [6, 6.07) is 0. The first-order valence-corrected chi connectivity index (χ1v) is 6.62. The van der Waals surface area contributed by atoms with Crippen LogP contribution in [0.15, 0.2) is 0 Å². The lowest BCUT2D eigenvalue weighted by Crippen LogP contribution is -2.29.